The molecule has 0 saturated carbocycles. The van der Waals surface area contributed by atoms with Crippen LogP contribution in [0.25, 0.3) is 27.7 Å². The Labute approximate surface area is 424 Å². The summed E-state index contributed by atoms with van der Waals surface area (Å²) in [5, 5.41) is 8.44. The molecule has 6 aliphatic rings. The standard InChI is InChI=1S/C38H47N6O5S.C15H22N2O2.In/c1-7-43-28-13-12-22-17-24(28)31-32(35(48-6)33-23(34(31)43)10-8-14-39-33)38(4,5)20-49-37(47)25-11-9-15-44(42-25)36(46)26(40-29(45)16-21(2)3)18-30-41-27(22)19-50-30;1-6-15(12-18)9-10-17(11-15)13(19)7-8-14(2,3)16(4)5;/h12-14,16-17,19,21,25-26,32,35,42H,7-11,15,18,20H2,1-6H3,(H,40,45);1,6,9-11H2,2-5H3;/t25-,26?,32?,35-;15-;/m01./s1. The normalized spacial score (nSPS) is 26.2. The number of carbonyl (C=O) groups excluding carboxylic acids is 5. The molecule has 2 N–H and O–H groups in total. The van der Waals surface area contributed by atoms with Crippen LogP contribution in [0.1, 0.15) is 109 Å². The first-order chi connectivity index (χ1) is 33.3. The Kier molecular flexibility index (Phi) is 14.2. The van der Waals surface area contributed by atoms with E-state index in [-0.39, 0.29) is 52.2 Å². The Hall–Kier alpha value is -4.34. The van der Waals surface area contributed by atoms with E-state index in [4.69, 9.17) is 19.5 Å². The molecule has 7 heterocycles. The molecule has 2 unspecified atom stereocenters. The molecule has 2 aromatic heterocycles. The number of hydrogen-bond donors (Lipinski definition) is 2. The van der Waals surface area contributed by atoms with Crippen LogP contribution in [0.15, 0.2) is 34.3 Å². The summed E-state index contributed by atoms with van der Waals surface area (Å²) in [6, 6.07) is 4.69. The molecule has 6 atom stereocenters. The smallest absolute Gasteiger partial charge is 0.374 e. The van der Waals surface area contributed by atoms with Gasteiger partial charge in [-0.1, -0.05) is 13.8 Å². The number of thiazole rings is 1. The average Bonchev–Trinajstić information content (AvgIpc) is 4.14. The predicted molar refractivity (Wildman–Crippen MR) is 273 cm³/mol. The van der Waals surface area contributed by atoms with Gasteiger partial charge in [0.05, 0.1) is 11.4 Å². The van der Waals surface area contributed by atoms with Crippen molar-refractivity contribution in [1.82, 2.24) is 35.1 Å². The molecule has 17 heteroatoms. The molecule has 3 aromatic rings. The average molecular weight is 1080 g/mol. The third-order valence-electron chi connectivity index (χ3n) is 16.4. The number of hydrogen-bond acceptors (Lipinski definition) is 12. The molecule has 1 aromatic carbocycles. The molecule has 1 spiro atoms. The van der Waals surface area contributed by atoms with Crippen molar-refractivity contribution in [3.05, 3.63) is 45.5 Å². The fraction of sp³-hybridized carbons (Fsp3) is 0.604. The van der Waals surface area contributed by atoms with Gasteiger partial charge in [0.2, 0.25) is 0 Å². The van der Waals surface area contributed by atoms with Gasteiger partial charge in [0.1, 0.15) is 6.10 Å². The van der Waals surface area contributed by atoms with Gasteiger partial charge in [-0.15, -0.1) is 0 Å². The van der Waals surface area contributed by atoms with Crippen molar-refractivity contribution in [1.29, 1.82) is 0 Å². The number of rotatable bonds is 7. The summed E-state index contributed by atoms with van der Waals surface area (Å²) in [5.74, 6) is 4.20. The van der Waals surface area contributed by atoms with Crippen LogP contribution in [0.4, 0.5) is 0 Å². The Morgan fingerprint density at radius 2 is 1.94 bits per heavy atom. The zero-order valence-corrected chi connectivity index (χ0v) is 46.7. The third-order valence-corrected chi connectivity index (χ3v) is 29.1. The molecule has 9 rings (SSSR count). The molecule has 5 aliphatic heterocycles. The van der Waals surface area contributed by atoms with Gasteiger partial charge in [-0.05, 0) is 19.8 Å². The molecule has 3 fully saturated rings. The zero-order chi connectivity index (χ0) is 50.0. The minimum atomic E-state index is -3.39. The van der Waals surface area contributed by atoms with Crippen LogP contribution in [0, 0.1) is 28.6 Å². The van der Waals surface area contributed by atoms with Crippen molar-refractivity contribution in [2.45, 2.75) is 137 Å². The first-order valence-corrected chi connectivity index (χ1v) is 32.0. The molecule has 70 heavy (non-hydrogen) atoms. The van der Waals surface area contributed by atoms with Crippen molar-refractivity contribution in [2.24, 2.45) is 21.7 Å². The Balaban J connectivity index is 1.04. The number of carbonyl (C=O) groups is 5. The third kappa shape index (κ3) is 9.11. The Morgan fingerprint density at radius 1 is 1.16 bits per heavy atom. The molecule has 6 bridgehead atoms. The van der Waals surface area contributed by atoms with Crippen LogP contribution in [0.5, 0.6) is 0 Å². The monoisotopic (exact) mass is 1080 g/mol. The summed E-state index contributed by atoms with van der Waals surface area (Å²) in [4.78, 5) is 85.7. The van der Waals surface area contributed by atoms with Gasteiger partial charge in [-0.2, -0.15) is 0 Å². The summed E-state index contributed by atoms with van der Waals surface area (Å²) in [5.41, 5.74) is 8.71. The number of benzene rings is 1. The number of aryl methyl sites for hydroxylation is 1. The first kappa shape index (κ1) is 50.6. The second kappa shape index (κ2) is 19.6. The van der Waals surface area contributed by atoms with E-state index in [9.17, 15) is 24.0 Å². The Morgan fingerprint density at radius 3 is 2.67 bits per heavy atom. The number of ether oxygens (including phenoxy) is 2. The summed E-state index contributed by atoms with van der Waals surface area (Å²) >= 11 is -1.94. The van der Waals surface area contributed by atoms with Gasteiger partial charge in [0.25, 0.3) is 0 Å². The van der Waals surface area contributed by atoms with Crippen LogP contribution in [-0.2, 0) is 46.4 Å². The summed E-state index contributed by atoms with van der Waals surface area (Å²) in [6.45, 7) is 16.3. The number of hydrazine groups is 1. The molecule has 3 saturated heterocycles. The second-order valence-electron chi connectivity index (χ2n) is 22.1. The molecule has 0 radical (unpaired) electrons. The number of methoxy groups -OCH3 is 1. The van der Waals surface area contributed by atoms with Gasteiger partial charge in [0.15, 0.2) is 0 Å². The van der Waals surface area contributed by atoms with Crippen molar-refractivity contribution in [2.75, 3.05) is 47.4 Å². The van der Waals surface area contributed by atoms with Crippen LogP contribution in [-0.4, -0.2) is 150 Å². The summed E-state index contributed by atoms with van der Waals surface area (Å²) < 4.78 is 15.5. The van der Waals surface area contributed by atoms with Crippen molar-refractivity contribution in [3.8, 4) is 23.1 Å². The van der Waals surface area contributed by atoms with Crippen LogP contribution < -0.4 is 10.7 Å². The number of esters is 1. The number of cyclic esters (lactones) is 1. The topological polar surface area (TPSA) is 168 Å². The van der Waals surface area contributed by atoms with Gasteiger partial charge in [-0.25, -0.2) is 0 Å². The number of allylic oxidation sites excluding steroid dienone is 1. The summed E-state index contributed by atoms with van der Waals surface area (Å²) in [6.07, 6.45) is 5.68. The number of aliphatic imine (C=N–C) groups is 1. The van der Waals surface area contributed by atoms with Crippen molar-refractivity contribution < 1.29 is 33.4 Å². The quantitative estimate of drug-likeness (QED) is 0.206. The van der Waals surface area contributed by atoms with Gasteiger partial charge >= 0.3 is 330 Å². The molecular weight excluding hydrogens is 1010 g/mol. The maximum atomic E-state index is 14.9. The van der Waals surface area contributed by atoms with E-state index < -0.39 is 59.5 Å². The number of fused-ring (bicyclic) bond motifs is 7. The van der Waals surface area contributed by atoms with E-state index in [0.717, 1.165) is 51.4 Å². The first-order valence-electron chi connectivity index (χ1n) is 25.3. The SMILES string of the molecule is CCn1c2c3c4cc(ccc41)-c1csc(n1)CC(NC(=O)[C@H](C(C)C)[In]1[CH2]C[C@]4(CCN(C(=O)C#CC(C)(C)N(C)C)C4)[C]1=O)C(=O)N1CCC[C@H](N1)C(=O)OCC(C)(C)C3[C@H](OC)C1=C2CCC=N1. The van der Waals surface area contributed by atoms with Gasteiger partial charge in [0, 0.05) is 31.4 Å². The van der Waals surface area contributed by atoms with E-state index in [2.05, 4.69) is 66.1 Å². The molecule has 1 aliphatic carbocycles. The van der Waals surface area contributed by atoms with Crippen LogP contribution in [0.3, 0.4) is 0 Å². The Bertz CT molecular complexity index is 2740. The van der Waals surface area contributed by atoms with Gasteiger partial charge in [-0.3, -0.25) is 4.99 Å². The van der Waals surface area contributed by atoms with Crippen LogP contribution >= 0.6 is 11.3 Å². The van der Waals surface area contributed by atoms with E-state index in [0.29, 0.717) is 50.3 Å². The fourth-order valence-corrected chi connectivity index (χ4v) is 25.4. The minimum absolute atomic E-state index is 0.0993. The second-order valence-corrected chi connectivity index (χ2v) is 31.7. The number of nitrogens with one attached hydrogen (secondary N) is 2. The molecule has 372 valence electrons. The van der Waals surface area contributed by atoms with Crippen molar-refractivity contribution >= 4 is 82.7 Å². The van der Waals surface area contributed by atoms with Gasteiger partial charge < -0.3 is 9.30 Å². The predicted octanol–water partition coefficient (Wildman–Crippen LogP) is 6.17. The zero-order valence-electron chi connectivity index (χ0n) is 42.6. The molecule has 3 amide bonds. The number of nitrogens with zero attached hydrogens (tertiary/aromatic N) is 6. The minimum Gasteiger partial charge on any atom is -0.374 e. The molecular formula is C53H69InN8O7S. The van der Waals surface area contributed by atoms with Crippen LogP contribution in [0.2, 0.25) is 7.85 Å². The maximum absolute atomic E-state index is 14.9. The fourth-order valence-electron chi connectivity index (χ4n) is 12.1. The summed E-state index contributed by atoms with van der Waals surface area (Å²) in [7, 11) is 5.58. The van der Waals surface area contributed by atoms with E-state index in [1.807, 2.05) is 58.3 Å². The number of amides is 3. The van der Waals surface area contributed by atoms with E-state index in [1.165, 1.54) is 33.2 Å². The number of aromatic nitrogens is 2. The van der Waals surface area contributed by atoms with E-state index in [1.54, 1.807) is 12.0 Å². The molecule has 15 nitrogen and oxygen atoms in total. The van der Waals surface area contributed by atoms with E-state index >= 15 is 0 Å². The number of likely N-dealkylation sites (tertiary alicyclic amines) is 1. The van der Waals surface area contributed by atoms with Crippen molar-refractivity contribution in [3.63, 3.8) is 0 Å².